The molecule has 2 rings (SSSR count). The molecule has 0 unspecified atom stereocenters. The predicted molar refractivity (Wildman–Crippen MR) is 108 cm³/mol. The third-order valence-electron chi connectivity index (χ3n) is 4.35. The van der Waals surface area contributed by atoms with E-state index in [1.165, 1.54) is 11.9 Å². The van der Waals surface area contributed by atoms with Gasteiger partial charge in [-0.25, -0.2) is 0 Å². The second kappa shape index (κ2) is 9.55. The van der Waals surface area contributed by atoms with Crippen LogP contribution in [-0.2, 0) is 9.59 Å². The highest BCUT2D eigenvalue weighted by molar-refractivity contribution is 5.98. The topological polar surface area (TPSA) is 87.7 Å². The van der Waals surface area contributed by atoms with Gasteiger partial charge in [0.2, 0.25) is 11.8 Å². The molecule has 0 aliphatic carbocycles. The third-order valence-corrected chi connectivity index (χ3v) is 4.35. The minimum Gasteiger partial charge on any atom is -0.497 e. The molecule has 0 bridgehead atoms. The predicted octanol–water partition coefficient (Wildman–Crippen LogP) is 2.14. The Balaban J connectivity index is 1.81. The molecule has 28 heavy (non-hydrogen) atoms. The van der Waals surface area contributed by atoms with Crippen molar-refractivity contribution >= 4 is 23.4 Å². The van der Waals surface area contributed by atoms with E-state index in [1.807, 2.05) is 19.9 Å². The van der Waals surface area contributed by atoms with Gasteiger partial charge in [-0.05, 0) is 61.4 Å². The van der Waals surface area contributed by atoms with E-state index in [9.17, 15) is 14.4 Å². The molecule has 0 aliphatic rings. The molecule has 0 spiro atoms. The van der Waals surface area contributed by atoms with Crippen molar-refractivity contribution in [1.82, 2.24) is 10.2 Å². The van der Waals surface area contributed by atoms with Crippen LogP contribution in [0.3, 0.4) is 0 Å². The summed E-state index contributed by atoms with van der Waals surface area (Å²) in [6, 6.07) is 12.2. The van der Waals surface area contributed by atoms with Gasteiger partial charge in [0.1, 0.15) is 5.75 Å². The van der Waals surface area contributed by atoms with E-state index < -0.39 is 0 Å². The van der Waals surface area contributed by atoms with Crippen molar-refractivity contribution in [2.24, 2.45) is 0 Å². The van der Waals surface area contributed by atoms with Gasteiger partial charge in [0, 0.05) is 18.3 Å². The van der Waals surface area contributed by atoms with Gasteiger partial charge in [-0.1, -0.05) is 6.07 Å². The molecule has 0 saturated carbocycles. The number of likely N-dealkylation sites (N-methyl/N-ethyl adjacent to an activating group) is 1. The minimum atomic E-state index is -0.359. The number of carbonyl (C=O) groups excluding carboxylic acids is 3. The molecule has 0 aromatic heterocycles. The zero-order valence-corrected chi connectivity index (χ0v) is 16.5. The molecule has 0 heterocycles. The van der Waals surface area contributed by atoms with Crippen LogP contribution < -0.4 is 15.4 Å². The number of aryl methyl sites for hydroxylation is 2. The van der Waals surface area contributed by atoms with Gasteiger partial charge >= 0.3 is 0 Å². The van der Waals surface area contributed by atoms with Crippen molar-refractivity contribution in [3.63, 3.8) is 0 Å². The summed E-state index contributed by atoms with van der Waals surface area (Å²) >= 11 is 0. The molecule has 0 fully saturated rings. The Morgan fingerprint density at radius 2 is 1.68 bits per heavy atom. The maximum Gasteiger partial charge on any atom is 0.251 e. The molecule has 0 radical (unpaired) electrons. The number of benzene rings is 2. The summed E-state index contributed by atoms with van der Waals surface area (Å²) in [6.45, 7) is 3.58. The summed E-state index contributed by atoms with van der Waals surface area (Å²) in [5.74, 6) is -0.332. The molecular weight excluding hydrogens is 358 g/mol. The summed E-state index contributed by atoms with van der Waals surface area (Å²) in [4.78, 5) is 37.7. The van der Waals surface area contributed by atoms with Gasteiger partial charge in [-0.2, -0.15) is 0 Å². The molecular formula is C21H25N3O4. The van der Waals surface area contributed by atoms with Gasteiger partial charge < -0.3 is 20.3 Å². The zero-order chi connectivity index (χ0) is 20.7. The van der Waals surface area contributed by atoms with E-state index in [1.54, 1.807) is 43.5 Å². The van der Waals surface area contributed by atoms with Crippen LogP contribution in [0, 0.1) is 13.8 Å². The Bertz CT molecular complexity index is 862. The number of amides is 3. The van der Waals surface area contributed by atoms with E-state index in [4.69, 9.17) is 4.74 Å². The average Bonchev–Trinajstić information content (AvgIpc) is 2.68. The van der Waals surface area contributed by atoms with E-state index in [-0.39, 0.29) is 30.8 Å². The lowest BCUT2D eigenvalue weighted by Crippen LogP contribution is -2.41. The molecule has 2 aromatic carbocycles. The van der Waals surface area contributed by atoms with Crippen LogP contribution in [0.2, 0.25) is 0 Å². The highest BCUT2D eigenvalue weighted by Crippen LogP contribution is 2.14. The number of anilines is 1. The van der Waals surface area contributed by atoms with Crippen LogP contribution in [0.1, 0.15) is 21.5 Å². The van der Waals surface area contributed by atoms with E-state index in [0.717, 1.165) is 11.1 Å². The maximum atomic E-state index is 12.2. The van der Waals surface area contributed by atoms with Crippen molar-refractivity contribution in [1.29, 1.82) is 0 Å². The summed E-state index contributed by atoms with van der Waals surface area (Å²) < 4.78 is 5.06. The van der Waals surface area contributed by atoms with Crippen molar-refractivity contribution in [2.45, 2.75) is 13.8 Å². The van der Waals surface area contributed by atoms with E-state index in [0.29, 0.717) is 17.0 Å². The fourth-order valence-corrected chi connectivity index (χ4v) is 2.45. The lowest BCUT2D eigenvalue weighted by atomic mass is 10.1. The number of carbonyl (C=O) groups is 3. The number of ether oxygens (including phenoxy) is 1. The number of nitrogens with one attached hydrogen (secondary N) is 2. The van der Waals surface area contributed by atoms with Gasteiger partial charge in [-0.3, -0.25) is 14.4 Å². The van der Waals surface area contributed by atoms with Gasteiger partial charge in [0.15, 0.2) is 0 Å². The Morgan fingerprint density at radius 3 is 2.29 bits per heavy atom. The molecule has 2 aromatic rings. The summed E-state index contributed by atoms with van der Waals surface area (Å²) in [7, 11) is 3.07. The Hall–Kier alpha value is -3.35. The monoisotopic (exact) mass is 383 g/mol. The molecule has 7 heteroatoms. The molecule has 0 aliphatic heterocycles. The van der Waals surface area contributed by atoms with Crippen molar-refractivity contribution in [3.05, 3.63) is 59.2 Å². The first-order valence-corrected chi connectivity index (χ1v) is 8.83. The maximum absolute atomic E-state index is 12.2. The van der Waals surface area contributed by atoms with Crippen LogP contribution in [0.5, 0.6) is 5.75 Å². The second-order valence-corrected chi connectivity index (χ2v) is 6.51. The lowest BCUT2D eigenvalue weighted by Gasteiger charge is -2.17. The number of hydrogen-bond acceptors (Lipinski definition) is 4. The zero-order valence-electron chi connectivity index (χ0n) is 16.5. The fraction of sp³-hybridized carbons (Fsp3) is 0.286. The number of hydrogen-bond donors (Lipinski definition) is 2. The second-order valence-electron chi connectivity index (χ2n) is 6.51. The summed E-state index contributed by atoms with van der Waals surface area (Å²) in [6.07, 6.45) is 0. The van der Waals surface area contributed by atoms with Crippen molar-refractivity contribution in [3.8, 4) is 5.75 Å². The Kier molecular flexibility index (Phi) is 7.14. The Morgan fingerprint density at radius 1 is 1.00 bits per heavy atom. The first-order chi connectivity index (χ1) is 13.3. The molecule has 148 valence electrons. The minimum absolute atomic E-state index is 0.121. The molecule has 0 saturated heterocycles. The third kappa shape index (κ3) is 5.84. The quantitative estimate of drug-likeness (QED) is 0.767. The van der Waals surface area contributed by atoms with Gasteiger partial charge in [-0.15, -0.1) is 0 Å². The van der Waals surface area contributed by atoms with Gasteiger partial charge in [0.25, 0.3) is 5.91 Å². The van der Waals surface area contributed by atoms with Crippen LogP contribution in [-0.4, -0.2) is 49.9 Å². The highest BCUT2D eigenvalue weighted by Gasteiger charge is 2.15. The normalized spacial score (nSPS) is 10.1. The fourth-order valence-electron chi connectivity index (χ4n) is 2.45. The molecule has 3 amide bonds. The summed E-state index contributed by atoms with van der Waals surface area (Å²) in [5.41, 5.74) is 3.20. The van der Waals surface area contributed by atoms with Crippen molar-refractivity contribution < 1.29 is 19.1 Å². The van der Waals surface area contributed by atoms with Crippen LogP contribution in [0.15, 0.2) is 42.5 Å². The van der Waals surface area contributed by atoms with E-state index in [2.05, 4.69) is 10.6 Å². The number of methoxy groups -OCH3 is 1. The van der Waals surface area contributed by atoms with Gasteiger partial charge in [0.05, 0.1) is 20.2 Å². The molecule has 7 nitrogen and oxygen atoms in total. The first-order valence-electron chi connectivity index (χ1n) is 8.83. The average molecular weight is 383 g/mol. The molecule has 0 atom stereocenters. The SMILES string of the molecule is COc1ccc(NC(=O)CN(C)C(=O)CNC(=O)c2ccc(C)c(C)c2)cc1. The van der Waals surface area contributed by atoms with Crippen molar-refractivity contribution in [2.75, 3.05) is 32.6 Å². The van der Waals surface area contributed by atoms with Crippen LogP contribution >= 0.6 is 0 Å². The first kappa shape index (κ1) is 21.0. The molecule has 2 N–H and O–H groups in total. The van der Waals surface area contributed by atoms with Crippen LogP contribution in [0.25, 0.3) is 0 Å². The number of nitrogens with zero attached hydrogens (tertiary/aromatic N) is 1. The van der Waals surface area contributed by atoms with Crippen LogP contribution in [0.4, 0.5) is 5.69 Å². The number of rotatable bonds is 7. The summed E-state index contributed by atoms with van der Waals surface area (Å²) in [5, 5.41) is 5.29. The standard InChI is InChI=1S/C21H25N3O4/c1-14-5-6-16(11-15(14)2)21(27)22-12-20(26)24(3)13-19(25)23-17-7-9-18(28-4)10-8-17/h5-11H,12-13H2,1-4H3,(H,22,27)(H,23,25). The Labute approximate surface area is 164 Å². The van der Waals surface area contributed by atoms with E-state index >= 15 is 0 Å². The highest BCUT2D eigenvalue weighted by atomic mass is 16.5. The lowest BCUT2D eigenvalue weighted by molar-refractivity contribution is -0.132. The largest absolute Gasteiger partial charge is 0.497 e. The smallest absolute Gasteiger partial charge is 0.251 e.